The Morgan fingerprint density at radius 3 is 2.73 bits per heavy atom. The van der Waals surface area contributed by atoms with Gasteiger partial charge in [0.05, 0.1) is 37.2 Å². The van der Waals surface area contributed by atoms with Gasteiger partial charge in [-0.3, -0.25) is 0 Å². The summed E-state index contributed by atoms with van der Waals surface area (Å²) in [5.41, 5.74) is 3.55. The van der Waals surface area contributed by atoms with Crippen LogP contribution in [-0.4, -0.2) is 39.8 Å². The van der Waals surface area contributed by atoms with Crippen molar-refractivity contribution < 1.29 is 14.2 Å². The fourth-order valence-electron chi connectivity index (χ4n) is 4.17. The highest BCUT2D eigenvalue weighted by Gasteiger charge is 2.23. The fourth-order valence-corrected chi connectivity index (χ4v) is 5.33. The first kappa shape index (κ1) is 26.7. The summed E-state index contributed by atoms with van der Waals surface area (Å²) in [6, 6.07) is 19.5. The Labute approximate surface area is 236 Å². The van der Waals surface area contributed by atoms with Gasteiger partial charge in [-0.05, 0) is 49.2 Å². The number of anilines is 2. The van der Waals surface area contributed by atoms with Gasteiger partial charge in [0, 0.05) is 42.5 Å². The second kappa shape index (κ2) is 12.8. The minimum atomic E-state index is 0.427. The topological polar surface area (TPSA) is 107 Å². The number of aryl methyl sites for hydroxylation is 1. The van der Waals surface area contributed by atoms with E-state index in [9.17, 15) is 5.26 Å². The van der Waals surface area contributed by atoms with Crippen molar-refractivity contribution in [2.75, 3.05) is 25.6 Å². The highest BCUT2D eigenvalue weighted by atomic mass is 32.1. The first-order valence-electron chi connectivity index (χ1n) is 12.8. The predicted molar refractivity (Wildman–Crippen MR) is 155 cm³/mol. The number of rotatable bonds is 12. The molecule has 9 nitrogen and oxygen atoms in total. The monoisotopic (exact) mass is 552 g/mol. The van der Waals surface area contributed by atoms with Gasteiger partial charge in [0.2, 0.25) is 5.95 Å². The molecule has 0 aliphatic rings. The molecule has 202 valence electrons. The second-order valence-electron chi connectivity index (χ2n) is 8.67. The summed E-state index contributed by atoms with van der Waals surface area (Å²) in [7, 11) is 1.62. The molecule has 0 amide bonds. The van der Waals surface area contributed by atoms with Crippen LogP contribution in [0, 0.1) is 11.3 Å². The van der Waals surface area contributed by atoms with Gasteiger partial charge in [-0.25, -0.2) is 15.0 Å². The van der Waals surface area contributed by atoms with Gasteiger partial charge in [-0.2, -0.15) is 5.26 Å². The van der Waals surface area contributed by atoms with Crippen LogP contribution >= 0.6 is 11.3 Å². The van der Waals surface area contributed by atoms with E-state index in [4.69, 9.17) is 19.2 Å². The van der Waals surface area contributed by atoms with Crippen molar-refractivity contribution in [3.05, 3.63) is 85.1 Å². The first-order valence-corrected chi connectivity index (χ1v) is 13.6. The van der Waals surface area contributed by atoms with E-state index < -0.39 is 0 Å². The molecule has 40 heavy (non-hydrogen) atoms. The maximum Gasteiger partial charge on any atom is 0.227 e. The molecule has 0 aliphatic heterocycles. The molecule has 1 N–H and O–H groups in total. The van der Waals surface area contributed by atoms with Gasteiger partial charge in [0.15, 0.2) is 5.06 Å². The van der Waals surface area contributed by atoms with Crippen LogP contribution in [0.15, 0.2) is 79.5 Å². The average molecular weight is 553 g/mol. The third-order valence-electron chi connectivity index (χ3n) is 5.99. The van der Waals surface area contributed by atoms with Crippen molar-refractivity contribution in [3.8, 4) is 44.3 Å². The zero-order valence-electron chi connectivity index (χ0n) is 22.2. The first-order chi connectivity index (χ1) is 19.7. The van der Waals surface area contributed by atoms with Crippen molar-refractivity contribution in [1.82, 2.24) is 19.5 Å². The summed E-state index contributed by atoms with van der Waals surface area (Å²) >= 11 is 1.40. The number of aromatic nitrogens is 4. The van der Waals surface area contributed by atoms with Crippen molar-refractivity contribution in [2.24, 2.45) is 0 Å². The van der Waals surface area contributed by atoms with Crippen LogP contribution in [0.4, 0.5) is 11.6 Å². The molecule has 0 saturated heterocycles. The molecule has 0 radical (unpaired) electrons. The third-order valence-corrected chi connectivity index (χ3v) is 7.11. The molecule has 3 aromatic heterocycles. The predicted octanol–water partition coefficient (Wildman–Crippen LogP) is 6.56. The van der Waals surface area contributed by atoms with Gasteiger partial charge in [0.25, 0.3) is 0 Å². The summed E-state index contributed by atoms with van der Waals surface area (Å²) in [6.45, 7) is 3.78. The molecule has 10 heteroatoms. The number of methoxy groups -OCH3 is 1. The standard InChI is InChI=1S/C30H28N6O3S/c1-3-38-29-25(19-31)27(21-7-4-9-23(17-21)37-2)28(40-29)26-11-12-33-30(35-26)34-22-8-5-10-24(18-22)39-16-6-14-36-15-13-32-20-36/h4-5,7-13,15,17-18,20H,3,6,14,16H2,1-2H3,(H,33,34,35). The highest BCUT2D eigenvalue weighted by Crippen LogP contribution is 2.47. The molecular weight excluding hydrogens is 524 g/mol. The minimum Gasteiger partial charge on any atom is -0.497 e. The maximum atomic E-state index is 10.1. The molecular formula is C30H28N6O3S. The van der Waals surface area contributed by atoms with Gasteiger partial charge < -0.3 is 24.1 Å². The Balaban J connectivity index is 1.38. The Hall–Kier alpha value is -4.88. The lowest BCUT2D eigenvalue weighted by atomic mass is 10.0. The summed E-state index contributed by atoms with van der Waals surface area (Å²) in [5, 5.41) is 13.9. The molecule has 5 rings (SSSR count). The molecule has 5 aromatic rings. The van der Waals surface area contributed by atoms with E-state index in [0.29, 0.717) is 41.2 Å². The average Bonchev–Trinajstić information content (AvgIpc) is 3.64. The van der Waals surface area contributed by atoms with Crippen LogP contribution in [-0.2, 0) is 6.54 Å². The van der Waals surface area contributed by atoms with Crippen LogP contribution in [0.2, 0.25) is 0 Å². The Kier molecular flexibility index (Phi) is 8.53. The Morgan fingerprint density at radius 2 is 1.93 bits per heavy atom. The van der Waals surface area contributed by atoms with Crippen molar-refractivity contribution in [1.29, 1.82) is 5.26 Å². The molecule has 0 spiro atoms. The number of thiophene rings is 1. The lowest BCUT2D eigenvalue weighted by molar-refractivity contribution is 0.302. The number of imidazole rings is 1. The van der Waals surface area contributed by atoms with Gasteiger partial charge in [-0.15, -0.1) is 0 Å². The van der Waals surface area contributed by atoms with Crippen molar-refractivity contribution in [3.63, 3.8) is 0 Å². The van der Waals surface area contributed by atoms with Gasteiger partial charge >= 0.3 is 0 Å². The van der Waals surface area contributed by atoms with Crippen LogP contribution in [0.25, 0.3) is 21.7 Å². The molecule has 0 unspecified atom stereocenters. The van der Waals surface area contributed by atoms with E-state index in [1.807, 2.05) is 72.3 Å². The van der Waals surface area contributed by atoms with Gasteiger partial charge in [-0.1, -0.05) is 29.5 Å². The van der Waals surface area contributed by atoms with E-state index >= 15 is 0 Å². The fraction of sp³-hybridized carbons (Fsp3) is 0.200. The van der Waals surface area contributed by atoms with E-state index in [2.05, 4.69) is 21.4 Å². The van der Waals surface area contributed by atoms with Crippen LogP contribution in [0.5, 0.6) is 16.6 Å². The lowest BCUT2D eigenvalue weighted by Gasteiger charge is -2.10. The summed E-state index contributed by atoms with van der Waals surface area (Å²) in [5.74, 6) is 1.88. The SMILES string of the molecule is CCOc1sc(-c2ccnc(Nc3cccc(OCCCn4ccnc4)c3)n2)c(-c2cccc(OC)c2)c1C#N. The number of hydrogen-bond acceptors (Lipinski definition) is 9. The number of ether oxygens (including phenoxy) is 3. The number of nitrogens with zero attached hydrogens (tertiary/aromatic N) is 5. The largest absolute Gasteiger partial charge is 0.497 e. The summed E-state index contributed by atoms with van der Waals surface area (Å²) in [4.78, 5) is 14.1. The highest BCUT2D eigenvalue weighted by molar-refractivity contribution is 7.18. The number of nitriles is 1. The van der Waals surface area contributed by atoms with E-state index in [1.54, 1.807) is 25.8 Å². The Bertz CT molecular complexity index is 1610. The molecule has 0 atom stereocenters. The van der Waals surface area contributed by atoms with E-state index in [-0.39, 0.29) is 0 Å². The smallest absolute Gasteiger partial charge is 0.227 e. The third kappa shape index (κ3) is 6.22. The zero-order valence-corrected chi connectivity index (χ0v) is 23.0. The minimum absolute atomic E-state index is 0.427. The molecule has 0 fully saturated rings. The Morgan fingerprint density at radius 1 is 1.05 bits per heavy atom. The van der Waals surface area contributed by atoms with Crippen LogP contribution in [0.3, 0.4) is 0 Å². The lowest BCUT2D eigenvalue weighted by Crippen LogP contribution is -2.03. The molecule has 0 saturated carbocycles. The van der Waals surface area contributed by atoms with Gasteiger partial charge in [0.1, 0.15) is 23.1 Å². The van der Waals surface area contributed by atoms with Crippen molar-refractivity contribution >= 4 is 23.0 Å². The number of benzene rings is 2. The van der Waals surface area contributed by atoms with E-state index in [0.717, 1.165) is 40.4 Å². The molecule has 0 bridgehead atoms. The second-order valence-corrected chi connectivity index (χ2v) is 9.65. The van der Waals surface area contributed by atoms with E-state index in [1.165, 1.54) is 11.3 Å². The summed E-state index contributed by atoms with van der Waals surface area (Å²) in [6.07, 6.45) is 8.07. The van der Waals surface area contributed by atoms with Crippen LogP contribution < -0.4 is 19.5 Å². The van der Waals surface area contributed by atoms with Crippen LogP contribution in [0.1, 0.15) is 18.9 Å². The molecule has 3 heterocycles. The molecule has 0 aliphatic carbocycles. The van der Waals surface area contributed by atoms with Crippen molar-refractivity contribution in [2.45, 2.75) is 19.9 Å². The quantitative estimate of drug-likeness (QED) is 0.173. The maximum absolute atomic E-state index is 10.1. The normalized spacial score (nSPS) is 10.6. The zero-order chi connectivity index (χ0) is 27.7. The molecule has 2 aromatic carbocycles. The summed E-state index contributed by atoms with van der Waals surface area (Å²) < 4.78 is 19.2. The number of hydrogen-bond donors (Lipinski definition) is 1. The number of nitrogens with one attached hydrogen (secondary N) is 1.